The van der Waals surface area contributed by atoms with E-state index >= 15 is 0 Å². The van der Waals surface area contributed by atoms with E-state index in [2.05, 4.69) is 13.8 Å². The average molecular weight is 174 g/mol. The van der Waals surface area contributed by atoms with Crippen LogP contribution in [0, 0.1) is 5.92 Å². The second-order valence-corrected chi connectivity index (χ2v) is 3.25. The third kappa shape index (κ3) is 6.08. The Bertz CT molecular complexity index is 174. The summed E-state index contributed by atoms with van der Waals surface area (Å²) in [7, 11) is 0. The standard InChI is InChI=1S/C10H16F2/c1-8(2)6-4-5-7-10(12)9(3)11/h5,7-8H,4,6H2,1-3H3/b7-5-,10-9-. The lowest BCUT2D eigenvalue weighted by molar-refractivity contribution is 0.553. The SMILES string of the molecule is C/C(F)=C(F)\C=C/CCC(C)C. The molecule has 0 saturated carbocycles. The zero-order chi connectivity index (χ0) is 9.56. The van der Waals surface area contributed by atoms with Gasteiger partial charge in [-0.25, -0.2) is 8.78 Å². The summed E-state index contributed by atoms with van der Waals surface area (Å²) in [5.74, 6) is -0.914. The molecule has 0 aliphatic rings. The highest BCUT2D eigenvalue weighted by Gasteiger charge is 1.94. The van der Waals surface area contributed by atoms with Crippen LogP contribution in [0.3, 0.4) is 0 Å². The Morgan fingerprint density at radius 2 is 1.92 bits per heavy atom. The van der Waals surface area contributed by atoms with Crippen LogP contribution in [0.4, 0.5) is 8.78 Å². The second-order valence-electron chi connectivity index (χ2n) is 3.25. The van der Waals surface area contributed by atoms with E-state index in [4.69, 9.17) is 0 Å². The number of halogens is 2. The lowest BCUT2D eigenvalue weighted by atomic mass is 10.1. The van der Waals surface area contributed by atoms with E-state index in [9.17, 15) is 8.78 Å². The van der Waals surface area contributed by atoms with Crippen molar-refractivity contribution in [2.24, 2.45) is 5.92 Å². The van der Waals surface area contributed by atoms with Crippen LogP contribution < -0.4 is 0 Å². The van der Waals surface area contributed by atoms with Gasteiger partial charge in [0.25, 0.3) is 0 Å². The van der Waals surface area contributed by atoms with Gasteiger partial charge in [0.15, 0.2) is 5.83 Å². The summed E-state index contributed by atoms with van der Waals surface area (Å²) in [5.41, 5.74) is 0. The monoisotopic (exact) mass is 174 g/mol. The maximum atomic E-state index is 12.5. The lowest BCUT2D eigenvalue weighted by Crippen LogP contribution is -1.83. The summed E-state index contributed by atoms with van der Waals surface area (Å²) in [6.07, 6.45) is 4.67. The van der Waals surface area contributed by atoms with Gasteiger partial charge in [-0.1, -0.05) is 19.9 Å². The van der Waals surface area contributed by atoms with E-state index in [-0.39, 0.29) is 0 Å². The third-order valence-electron chi connectivity index (χ3n) is 1.50. The smallest absolute Gasteiger partial charge is 0.153 e. The van der Waals surface area contributed by atoms with Crippen LogP contribution in [0.15, 0.2) is 23.8 Å². The zero-order valence-corrected chi connectivity index (χ0v) is 7.90. The minimum atomic E-state index is -0.765. The molecule has 70 valence electrons. The minimum Gasteiger partial charge on any atom is -0.209 e. The Labute approximate surface area is 73.0 Å². The van der Waals surface area contributed by atoms with Gasteiger partial charge < -0.3 is 0 Å². The Morgan fingerprint density at radius 3 is 2.33 bits per heavy atom. The van der Waals surface area contributed by atoms with Gasteiger partial charge in [0.1, 0.15) is 5.83 Å². The van der Waals surface area contributed by atoms with Crippen molar-refractivity contribution >= 4 is 0 Å². The van der Waals surface area contributed by atoms with Crippen LogP contribution in [0.5, 0.6) is 0 Å². The maximum absolute atomic E-state index is 12.5. The molecule has 0 aromatic heterocycles. The summed E-state index contributed by atoms with van der Waals surface area (Å²) in [6.45, 7) is 5.31. The molecule has 2 heteroatoms. The maximum Gasteiger partial charge on any atom is 0.153 e. The molecule has 0 atom stereocenters. The van der Waals surface area contributed by atoms with Crippen molar-refractivity contribution in [2.75, 3.05) is 0 Å². The van der Waals surface area contributed by atoms with Crippen molar-refractivity contribution in [1.82, 2.24) is 0 Å². The summed E-state index contributed by atoms with van der Waals surface area (Å²) in [5, 5.41) is 0. The molecule has 0 aliphatic heterocycles. The van der Waals surface area contributed by atoms with E-state index in [1.165, 1.54) is 6.08 Å². The molecule has 0 rings (SSSR count). The fraction of sp³-hybridized carbons (Fsp3) is 0.600. The van der Waals surface area contributed by atoms with Gasteiger partial charge >= 0.3 is 0 Å². The number of rotatable bonds is 4. The number of hydrogen-bond donors (Lipinski definition) is 0. The number of hydrogen-bond acceptors (Lipinski definition) is 0. The van der Waals surface area contributed by atoms with Crippen molar-refractivity contribution in [3.8, 4) is 0 Å². The third-order valence-corrected chi connectivity index (χ3v) is 1.50. The molecule has 0 bridgehead atoms. The Kier molecular flexibility index (Phi) is 5.60. The van der Waals surface area contributed by atoms with Gasteiger partial charge in [-0.3, -0.25) is 0 Å². The predicted molar refractivity (Wildman–Crippen MR) is 48.1 cm³/mol. The average Bonchev–Trinajstić information content (AvgIpc) is 1.97. The first-order valence-corrected chi connectivity index (χ1v) is 4.22. The molecule has 0 aliphatic carbocycles. The van der Waals surface area contributed by atoms with Crippen LogP contribution in [0.2, 0.25) is 0 Å². The normalized spacial score (nSPS) is 14.2. The van der Waals surface area contributed by atoms with Crippen LogP contribution >= 0.6 is 0 Å². The Hall–Kier alpha value is -0.660. The molecule has 0 N–H and O–H groups in total. The summed E-state index contributed by atoms with van der Waals surface area (Å²) >= 11 is 0. The summed E-state index contributed by atoms with van der Waals surface area (Å²) in [6, 6.07) is 0. The molecule has 12 heavy (non-hydrogen) atoms. The Morgan fingerprint density at radius 1 is 1.33 bits per heavy atom. The van der Waals surface area contributed by atoms with Gasteiger partial charge in [0.05, 0.1) is 0 Å². The molecule has 0 aromatic rings. The highest BCUT2D eigenvalue weighted by molar-refractivity contribution is 5.13. The van der Waals surface area contributed by atoms with Crippen LogP contribution in [0.25, 0.3) is 0 Å². The first-order chi connectivity index (χ1) is 5.54. The molecule has 0 heterocycles. The predicted octanol–water partition coefficient (Wildman–Crippen LogP) is 4.15. The van der Waals surface area contributed by atoms with Gasteiger partial charge in [-0.05, 0) is 31.8 Å². The highest BCUT2D eigenvalue weighted by atomic mass is 19.2. The van der Waals surface area contributed by atoms with Gasteiger partial charge in [0, 0.05) is 0 Å². The van der Waals surface area contributed by atoms with Crippen molar-refractivity contribution in [1.29, 1.82) is 0 Å². The fourth-order valence-corrected chi connectivity index (χ4v) is 0.731. The van der Waals surface area contributed by atoms with E-state index in [1.807, 2.05) is 0 Å². The largest absolute Gasteiger partial charge is 0.209 e. The van der Waals surface area contributed by atoms with E-state index in [1.54, 1.807) is 6.08 Å². The molecule has 0 nitrogen and oxygen atoms in total. The van der Waals surface area contributed by atoms with E-state index in [0.29, 0.717) is 5.92 Å². The van der Waals surface area contributed by atoms with E-state index < -0.39 is 11.7 Å². The fourth-order valence-electron chi connectivity index (χ4n) is 0.731. The Balaban J connectivity index is 3.70. The van der Waals surface area contributed by atoms with Gasteiger partial charge in [-0.2, -0.15) is 0 Å². The molecule has 0 aromatic carbocycles. The summed E-state index contributed by atoms with van der Waals surface area (Å²) < 4.78 is 24.6. The van der Waals surface area contributed by atoms with Crippen molar-refractivity contribution in [3.05, 3.63) is 23.8 Å². The van der Waals surface area contributed by atoms with Crippen LogP contribution in [-0.4, -0.2) is 0 Å². The van der Waals surface area contributed by atoms with Gasteiger partial charge in [-0.15, -0.1) is 0 Å². The van der Waals surface area contributed by atoms with E-state index in [0.717, 1.165) is 19.8 Å². The van der Waals surface area contributed by atoms with Crippen LogP contribution in [0.1, 0.15) is 33.6 Å². The molecule has 0 unspecified atom stereocenters. The topological polar surface area (TPSA) is 0 Å². The van der Waals surface area contributed by atoms with Crippen LogP contribution in [-0.2, 0) is 0 Å². The molecular formula is C10H16F2. The molecular weight excluding hydrogens is 158 g/mol. The van der Waals surface area contributed by atoms with Crippen molar-refractivity contribution in [2.45, 2.75) is 33.6 Å². The highest BCUT2D eigenvalue weighted by Crippen LogP contribution is 2.10. The lowest BCUT2D eigenvalue weighted by Gasteiger charge is -1.98. The molecule has 0 spiro atoms. The van der Waals surface area contributed by atoms with Gasteiger partial charge in [0.2, 0.25) is 0 Å². The molecule has 0 amide bonds. The van der Waals surface area contributed by atoms with Crippen molar-refractivity contribution in [3.63, 3.8) is 0 Å². The number of allylic oxidation sites excluding steroid dienone is 4. The zero-order valence-electron chi connectivity index (χ0n) is 7.90. The molecule has 0 saturated heterocycles. The first-order valence-electron chi connectivity index (χ1n) is 4.22. The molecule has 0 radical (unpaired) electrons. The summed E-state index contributed by atoms with van der Waals surface area (Å²) in [4.78, 5) is 0. The minimum absolute atomic E-state index is 0.605. The quantitative estimate of drug-likeness (QED) is 0.561. The first kappa shape index (κ1) is 11.3. The molecule has 0 fully saturated rings. The van der Waals surface area contributed by atoms with Crippen molar-refractivity contribution < 1.29 is 8.78 Å². The second kappa shape index (κ2) is 5.92.